The average molecular weight is 368 g/mol. The Labute approximate surface area is 146 Å². The van der Waals surface area contributed by atoms with E-state index < -0.39 is 15.9 Å². The molecule has 1 aliphatic heterocycles. The zero-order valence-electron chi connectivity index (χ0n) is 13.9. The molecule has 8 heteroatoms. The predicted molar refractivity (Wildman–Crippen MR) is 90.1 cm³/mol. The van der Waals surface area contributed by atoms with E-state index in [1.54, 1.807) is 19.1 Å². The standard InChI is InChI=1S/C17H21FN2O4S/c1-11(17(22)20-6-8-25(23,24)9-7-20)19-16(21)15-10-14(15)12-2-4-13(18)5-3-12/h2-5,11,14-15H,6-10H2,1H3,(H,19,21). The Hall–Kier alpha value is -1.96. The monoisotopic (exact) mass is 368 g/mol. The van der Waals surface area contributed by atoms with E-state index in [2.05, 4.69) is 5.32 Å². The Morgan fingerprint density at radius 2 is 1.80 bits per heavy atom. The lowest BCUT2D eigenvalue weighted by molar-refractivity contribution is -0.136. The molecular weight excluding hydrogens is 347 g/mol. The zero-order valence-corrected chi connectivity index (χ0v) is 14.8. The summed E-state index contributed by atoms with van der Waals surface area (Å²) >= 11 is 0. The normalized spacial score (nSPS) is 25.9. The van der Waals surface area contributed by atoms with Crippen LogP contribution in [0.4, 0.5) is 4.39 Å². The molecule has 1 aliphatic carbocycles. The molecule has 2 fully saturated rings. The van der Waals surface area contributed by atoms with Gasteiger partial charge in [-0.05, 0) is 37.0 Å². The Bertz CT molecular complexity index is 764. The molecule has 3 atom stereocenters. The van der Waals surface area contributed by atoms with Crippen LogP contribution in [0.2, 0.25) is 0 Å². The van der Waals surface area contributed by atoms with Gasteiger partial charge < -0.3 is 10.2 Å². The molecule has 0 radical (unpaired) electrons. The van der Waals surface area contributed by atoms with Crippen molar-refractivity contribution in [3.63, 3.8) is 0 Å². The minimum Gasteiger partial charge on any atom is -0.344 e. The molecule has 0 aromatic heterocycles. The molecule has 0 bridgehead atoms. The highest BCUT2D eigenvalue weighted by molar-refractivity contribution is 7.91. The van der Waals surface area contributed by atoms with Crippen molar-refractivity contribution in [3.8, 4) is 0 Å². The van der Waals surface area contributed by atoms with Gasteiger partial charge in [-0.3, -0.25) is 9.59 Å². The van der Waals surface area contributed by atoms with E-state index >= 15 is 0 Å². The van der Waals surface area contributed by atoms with Crippen LogP contribution in [0.5, 0.6) is 0 Å². The number of carbonyl (C=O) groups is 2. The molecular formula is C17H21FN2O4S. The van der Waals surface area contributed by atoms with Gasteiger partial charge in [-0.2, -0.15) is 0 Å². The molecule has 1 saturated heterocycles. The van der Waals surface area contributed by atoms with E-state index in [0.29, 0.717) is 6.42 Å². The van der Waals surface area contributed by atoms with E-state index in [9.17, 15) is 22.4 Å². The van der Waals surface area contributed by atoms with Gasteiger partial charge in [0.2, 0.25) is 11.8 Å². The summed E-state index contributed by atoms with van der Waals surface area (Å²) in [7, 11) is -3.05. The summed E-state index contributed by atoms with van der Waals surface area (Å²) in [6.07, 6.45) is 0.681. The number of benzene rings is 1. The van der Waals surface area contributed by atoms with Crippen LogP contribution in [0.3, 0.4) is 0 Å². The third-order valence-electron chi connectivity index (χ3n) is 4.81. The predicted octanol–water partition coefficient (Wildman–Crippen LogP) is 0.691. The van der Waals surface area contributed by atoms with Gasteiger partial charge >= 0.3 is 0 Å². The number of amides is 2. The highest BCUT2D eigenvalue weighted by Gasteiger charge is 2.44. The molecule has 3 unspecified atom stereocenters. The van der Waals surface area contributed by atoms with Crippen molar-refractivity contribution in [3.05, 3.63) is 35.6 Å². The van der Waals surface area contributed by atoms with E-state index in [1.165, 1.54) is 17.0 Å². The van der Waals surface area contributed by atoms with Gasteiger partial charge in [-0.25, -0.2) is 12.8 Å². The van der Waals surface area contributed by atoms with E-state index in [0.717, 1.165) is 5.56 Å². The maximum Gasteiger partial charge on any atom is 0.244 e. The molecule has 6 nitrogen and oxygen atoms in total. The number of sulfone groups is 1. The second kappa shape index (κ2) is 6.74. The van der Waals surface area contributed by atoms with Crippen molar-refractivity contribution in [1.82, 2.24) is 10.2 Å². The molecule has 1 saturated carbocycles. The third kappa shape index (κ3) is 4.18. The minimum absolute atomic E-state index is 0.0331. The molecule has 2 aliphatic rings. The molecule has 3 rings (SSSR count). The van der Waals surface area contributed by atoms with Gasteiger partial charge in [-0.15, -0.1) is 0 Å². The summed E-state index contributed by atoms with van der Waals surface area (Å²) in [5.41, 5.74) is 0.918. The first-order valence-corrected chi connectivity index (χ1v) is 10.1. The largest absolute Gasteiger partial charge is 0.344 e. The van der Waals surface area contributed by atoms with Gasteiger partial charge in [-0.1, -0.05) is 12.1 Å². The maximum absolute atomic E-state index is 13.0. The number of carbonyl (C=O) groups excluding carboxylic acids is 2. The Morgan fingerprint density at radius 3 is 2.40 bits per heavy atom. The molecule has 1 heterocycles. The van der Waals surface area contributed by atoms with Crippen molar-refractivity contribution in [2.45, 2.75) is 25.3 Å². The van der Waals surface area contributed by atoms with Gasteiger partial charge in [0.25, 0.3) is 0 Å². The SMILES string of the molecule is CC(NC(=O)C1CC1c1ccc(F)cc1)C(=O)N1CCS(=O)(=O)CC1. The molecule has 1 N–H and O–H groups in total. The first kappa shape index (κ1) is 17.8. The van der Waals surface area contributed by atoms with E-state index in [4.69, 9.17) is 0 Å². The Morgan fingerprint density at radius 1 is 1.20 bits per heavy atom. The lowest BCUT2D eigenvalue weighted by Gasteiger charge is -2.29. The van der Waals surface area contributed by atoms with Crippen LogP contribution < -0.4 is 5.32 Å². The fourth-order valence-corrected chi connectivity index (χ4v) is 4.35. The van der Waals surface area contributed by atoms with Crippen molar-refractivity contribution in [2.24, 2.45) is 5.92 Å². The number of hydrogen-bond acceptors (Lipinski definition) is 4. The van der Waals surface area contributed by atoms with Gasteiger partial charge in [0, 0.05) is 19.0 Å². The van der Waals surface area contributed by atoms with Gasteiger partial charge in [0.15, 0.2) is 9.84 Å². The highest BCUT2D eigenvalue weighted by atomic mass is 32.2. The van der Waals surface area contributed by atoms with Gasteiger partial charge in [0.1, 0.15) is 11.9 Å². The third-order valence-corrected chi connectivity index (χ3v) is 6.42. The average Bonchev–Trinajstić information content (AvgIpc) is 3.35. The van der Waals surface area contributed by atoms with Crippen molar-refractivity contribution < 1.29 is 22.4 Å². The van der Waals surface area contributed by atoms with Crippen LogP contribution in [0.15, 0.2) is 24.3 Å². The van der Waals surface area contributed by atoms with Crippen LogP contribution >= 0.6 is 0 Å². The minimum atomic E-state index is -3.05. The summed E-state index contributed by atoms with van der Waals surface area (Å²) < 4.78 is 35.8. The quantitative estimate of drug-likeness (QED) is 0.848. The number of nitrogens with one attached hydrogen (secondary N) is 1. The lowest BCUT2D eigenvalue weighted by atomic mass is 10.1. The van der Waals surface area contributed by atoms with Crippen molar-refractivity contribution >= 4 is 21.7 Å². The second-order valence-electron chi connectivity index (χ2n) is 6.71. The summed E-state index contributed by atoms with van der Waals surface area (Å²) in [4.78, 5) is 26.1. The molecule has 1 aromatic carbocycles. The number of hydrogen-bond donors (Lipinski definition) is 1. The van der Waals surface area contributed by atoms with Gasteiger partial charge in [0.05, 0.1) is 11.5 Å². The fourth-order valence-electron chi connectivity index (χ4n) is 3.15. The van der Waals surface area contributed by atoms with Crippen LogP contribution in [-0.4, -0.2) is 55.8 Å². The Balaban J connectivity index is 1.51. The smallest absolute Gasteiger partial charge is 0.244 e. The highest BCUT2D eigenvalue weighted by Crippen LogP contribution is 2.47. The van der Waals surface area contributed by atoms with Crippen molar-refractivity contribution in [1.29, 1.82) is 0 Å². The second-order valence-corrected chi connectivity index (χ2v) is 9.01. The number of halogens is 1. The summed E-state index contributed by atoms with van der Waals surface area (Å²) in [6.45, 7) is 1.95. The molecule has 136 valence electrons. The molecule has 0 spiro atoms. The van der Waals surface area contributed by atoms with Crippen LogP contribution in [0.25, 0.3) is 0 Å². The first-order chi connectivity index (χ1) is 11.8. The molecule has 2 amide bonds. The van der Waals surface area contributed by atoms with E-state index in [1.807, 2.05) is 0 Å². The number of nitrogens with zero attached hydrogens (tertiary/aromatic N) is 1. The summed E-state index contributed by atoms with van der Waals surface area (Å²) in [5, 5.41) is 2.72. The molecule has 25 heavy (non-hydrogen) atoms. The van der Waals surface area contributed by atoms with Crippen LogP contribution in [0.1, 0.15) is 24.8 Å². The number of rotatable bonds is 4. The van der Waals surface area contributed by atoms with E-state index in [-0.39, 0.29) is 54.1 Å². The first-order valence-electron chi connectivity index (χ1n) is 8.32. The Kier molecular flexibility index (Phi) is 4.81. The van der Waals surface area contributed by atoms with Crippen LogP contribution in [-0.2, 0) is 19.4 Å². The fraction of sp³-hybridized carbons (Fsp3) is 0.529. The molecule has 1 aromatic rings. The van der Waals surface area contributed by atoms with Crippen LogP contribution in [0, 0.1) is 11.7 Å². The lowest BCUT2D eigenvalue weighted by Crippen LogP contribution is -2.52. The van der Waals surface area contributed by atoms with Crippen molar-refractivity contribution in [2.75, 3.05) is 24.6 Å². The zero-order chi connectivity index (χ0) is 18.2. The summed E-state index contributed by atoms with van der Waals surface area (Å²) in [6, 6.07) is 5.41. The maximum atomic E-state index is 13.0. The summed E-state index contributed by atoms with van der Waals surface area (Å²) in [5.74, 6) is -0.982. The topological polar surface area (TPSA) is 83.6 Å².